The first-order chi connectivity index (χ1) is 16.4. The van der Waals surface area contributed by atoms with Gasteiger partial charge in [-0.25, -0.2) is 19.8 Å². The number of rotatable bonds is 4. The molecule has 0 aliphatic carbocycles. The van der Waals surface area contributed by atoms with Crippen molar-refractivity contribution in [3.8, 4) is 11.4 Å². The number of amides is 2. The molecule has 0 aliphatic heterocycles. The van der Waals surface area contributed by atoms with E-state index in [4.69, 9.17) is 16.3 Å². The first-order valence-corrected chi connectivity index (χ1v) is 11.6. The minimum Gasteiger partial charge on any atom is -0.442 e. The molecule has 2 amide bonds. The zero-order valence-corrected chi connectivity index (χ0v) is 21.3. The lowest BCUT2D eigenvalue weighted by atomic mass is 10.1. The molecule has 0 bridgehead atoms. The average Bonchev–Trinajstić information content (AvgIpc) is 3.32. The Labute approximate surface area is 207 Å². The maximum atomic E-state index is 13.2. The van der Waals surface area contributed by atoms with Crippen LogP contribution in [-0.2, 0) is 11.8 Å². The Balaban J connectivity index is 1.68. The third-order valence-electron chi connectivity index (χ3n) is 5.08. The lowest BCUT2D eigenvalue weighted by molar-refractivity contribution is 0.0107. The Morgan fingerprint density at radius 1 is 1.29 bits per heavy atom. The molecule has 0 saturated carbocycles. The summed E-state index contributed by atoms with van der Waals surface area (Å²) in [5.41, 5.74) is 4.99. The summed E-state index contributed by atoms with van der Waals surface area (Å²) >= 11 is 6.14. The number of hydrogen-bond acceptors (Lipinski definition) is 6. The first kappa shape index (κ1) is 24.5. The predicted molar refractivity (Wildman–Crippen MR) is 134 cm³/mol. The fourth-order valence-electron chi connectivity index (χ4n) is 3.63. The SMILES string of the molecule is CC(C)CN(NC(=O)c1c[nH]c2ncc(-c3nn(C)c4cc(Cl)ccc34)nc12)C(=O)OC(C)(C)C. The Bertz CT molecular complexity index is 1420. The van der Waals surface area contributed by atoms with Gasteiger partial charge in [-0.15, -0.1) is 0 Å². The second-order valence-electron chi connectivity index (χ2n) is 9.71. The number of aryl methyl sites for hydroxylation is 1. The molecule has 0 fully saturated rings. The van der Waals surface area contributed by atoms with Crippen LogP contribution in [0.2, 0.25) is 5.02 Å². The van der Waals surface area contributed by atoms with E-state index in [1.807, 2.05) is 33.0 Å². The number of hydrogen-bond donors (Lipinski definition) is 2. The highest BCUT2D eigenvalue weighted by Gasteiger charge is 2.26. The number of ether oxygens (including phenoxy) is 1. The Morgan fingerprint density at radius 3 is 2.71 bits per heavy atom. The zero-order chi connectivity index (χ0) is 25.5. The summed E-state index contributed by atoms with van der Waals surface area (Å²) in [5, 5.41) is 7.23. The molecule has 11 heteroatoms. The normalized spacial score (nSPS) is 11.9. The monoisotopic (exact) mass is 497 g/mol. The summed E-state index contributed by atoms with van der Waals surface area (Å²) < 4.78 is 7.17. The molecule has 0 atom stereocenters. The van der Waals surface area contributed by atoms with Gasteiger partial charge in [0, 0.05) is 30.2 Å². The van der Waals surface area contributed by atoms with E-state index in [1.54, 1.807) is 37.7 Å². The standard InChI is InChI=1S/C24H28ClN7O3/c1-13(2)12-32(23(34)35-24(3,4)5)30-22(33)16-10-26-21-20(16)28-17(11-27-21)19-15-8-7-14(25)9-18(15)31(6)29-19/h7-11,13H,12H2,1-6H3,(H,26,27)(H,30,33). The number of carbonyl (C=O) groups is 2. The highest BCUT2D eigenvalue weighted by atomic mass is 35.5. The molecule has 184 valence electrons. The fourth-order valence-corrected chi connectivity index (χ4v) is 3.80. The average molecular weight is 498 g/mol. The molecule has 1 aromatic carbocycles. The summed E-state index contributed by atoms with van der Waals surface area (Å²) in [6.07, 6.45) is 2.48. The van der Waals surface area contributed by atoms with Crippen molar-refractivity contribution >= 4 is 45.7 Å². The summed E-state index contributed by atoms with van der Waals surface area (Å²) in [7, 11) is 1.82. The molecule has 0 aliphatic rings. The number of nitrogens with one attached hydrogen (secondary N) is 2. The molecule has 0 unspecified atom stereocenters. The van der Waals surface area contributed by atoms with E-state index in [0.29, 0.717) is 27.6 Å². The number of benzene rings is 1. The third kappa shape index (κ3) is 5.22. The van der Waals surface area contributed by atoms with Gasteiger partial charge in [0.15, 0.2) is 5.65 Å². The first-order valence-electron chi connectivity index (χ1n) is 11.2. The lowest BCUT2D eigenvalue weighted by Gasteiger charge is -2.28. The number of hydrazine groups is 1. The summed E-state index contributed by atoms with van der Waals surface area (Å²) in [4.78, 5) is 38.0. The topological polar surface area (TPSA) is 118 Å². The molecule has 4 aromatic rings. The second-order valence-corrected chi connectivity index (χ2v) is 10.2. The van der Waals surface area contributed by atoms with Crippen LogP contribution in [0, 0.1) is 5.92 Å². The fraction of sp³-hybridized carbons (Fsp3) is 0.375. The van der Waals surface area contributed by atoms with Crippen LogP contribution in [0.4, 0.5) is 4.79 Å². The maximum absolute atomic E-state index is 13.2. The number of fused-ring (bicyclic) bond motifs is 2. The summed E-state index contributed by atoms with van der Waals surface area (Å²) in [5.74, 6) is -0.407. The number of aromatic amines is 1. The van der Waals surface area contributed by atoms with E-state index in [1.165, 1.54) is 11.2 Å². The van der Waals surface area contributed by atoms with Crippen molar-refractivity contribution in [2.24, 2.45) is 13.0 Å². The maximum Gasteiger partial charge on any atom is 0.429 e. The van der Waals surface area contributed by atoms with E-state index in [0.717, 1.165) is 10.9 Å². The lowest BCUT2D eigenvalue weighted by Crippen LogP contribution is -2.49. The Kier molecular flexibility index (Phi) is 6.42. The van der Waals surface area contributed by atoms with Gasteiger partial charge in [-0.3, -0.25) is 14.9 Å². The van der Waals surface area contributed by atoms with Crippen LogP contribution >= 0.6 is 11.6 Å². The van der Waals surface area contributed by atoms with Crippen LogP contribution in [0.25, 0.3) is 33.5 Å². The molecule has 0 spiro atoms. The Hall–Kier alpha value is -3.66. The van der Waals surface area contributed by atoms with Gasteiger partial charge in [0.05, 0.1) is 17.3 Å². The van der Waals surface area contributed by atoms with Crippen molar-refractivity contribution in [3.05, 3.63) is 41.2 Å². The van der Waals surface area contributed by atoms with Gasteiger partial charge in [-0.05, 0) is 44.9 Å². The Morgan fingerprint density at radius 2 is 2.03 bits per heavy atom. The van der Waals surface area contributed by atoms with Crippen LogP contribution in [-0.4, -0.2) is 53.9 Å². The highest BCUT2D eigenvalue weighted by Crippen LogP contribution is 2.29. The largest absolute Gasteiger partial charge is 0.442 e. The molecule has 3 heterocycles. The van der Waals surface area contributed by atoms with E-state index >= 15 is 0 Å². The zero-order valence-electron chi connectivity index (χ0n) is 20.5. The van der Waals surface area contributed by atoms with E-state index in [-0.39, 0.29) is 18.0 Å². The van der Waals surface area contributed by atoms with Crippen molar-refractivity contribution in [2.75, 3.05) is 6.54 Å². The minimum atomic E-state index is -0.701. The molecule has 4 rings (SSSR count). The predicted octanol–water partition coefficient (Wildman–Crippen LogP) is 4.70. The van der Waals surface area contributed by atoms with Crippen LogP contribution in [0.15, 0.2) is 30.6 Å². The molecule has 0 radical (unpaired) electrons. The van der Waals surface area contributed by atoms with Crippen molar-refractivity contribution in [3.63, 3.8) is 0 Å². The van der Waals surface area contributed by atoms with Gasteiger partial charge in [0.2, 0.25) is 0 Å². The van der Waals surface area contributed by atoms with Gasteiger partial charge < -0.3 is 9.72 Å². The quantitative estimate of drug-likeness (QED) is 0.394. The molecule has 3 aromatic heterocycles. The minimum absolute atomic E-state index is 0.100. The van der Waals surface area contributed by atoms with Gasteiger partial charge in [-0.2, -0.15) is 5.10 Å². The van der Waals surface area contributed by atoms with Crippen LogP contribution in [0.1, 0.15) is 45.0 Å². The molecule has 10 nitrogen and oxygen atoms in total. The number of halogens is 1. The third-order valence-corrected chi connectivity index (χ3v) is 5.31. The van der Waals surface area contributed by atoms with E-state index in [9.17, 15) is 9.59 Å². The molecule has 35 heavy (non-hydrogen) atoms. The van der Waals surface area contributed by atoms with Crippen LogP contribution in [0.5, 0.6) is 0 Å². The second kappa shape index (κ2) is 9.18. The number of nitrogens with zero attached hydrogens (tertiary/aromatic N) is 5. The van der Waals surface area contributed by atoms with Crippen molar-refractivity contribution < 1.29 is 14.3 Å². The summed E-state index contributed by atoms with van der Waals surface area (Å²) in [6.45, 7) is 9.47. The van der Waals surface area contributed by atoms with Crippen molar-refractivity contribution in [1.29, 1.82) is 0 Å². The number of carbonyl (C=O) groups excluding carboxylic acids is 2. The molecule has 0 saturated heterocycles. The van der Waals surface area contributed by atoms with Crippen LogP contribution in [0.3, 0.4) is 0 Å². The van der Waals surface area contributed by atoms with Gasteiger partial charge in [0.25, 0.3) is 5.91 Å². The van der Waals surface area contributed by atoms with Gasteiger partial charge in [0.1, 0.15) is 22.5 Å². The smallest absolute Gasteiger partial charge is 0.429 e. The van der Waals surface area contributed by atoms with Crippen LogP contribution < -0.4 is 5.43 Å². The van der Waals surface area contributed by atoms with Crippen molar-refractivity contribution in [2.45, 2.75) is 40.2 Å². The van der Waals surface area contributed by atoms with Gasteiger partial charge >= 0.3 is 6.09 Å². The van der Waals surface area contributed by atoms with E-state index < -0.39 is 17.6 Å². The summed E-state index contributed by atoms with van der Waals surface area (Å²) in [6, 6.07) is 5.49. The van der Waals surface area contributed by atoms with E-state index in [2.05, 4.69) is 25.5 Å². The van der Waals surface area contributed by atoms with Gasteiger partial charge in [-0.1, -0.05) is 25.4 Å². The number of H-pyrrole nitrogens is 1. The number of aromatic nitrogens is 5. The highest BCUT2D eigenvalue weighted by molar-refractivity contribution is 6.31. The molecule has 2 N–H and O–H groups in total. The molecular weight excluding hydrogens is 470 g/mol. The molecular formula is C24H28ClN7O3. The van der Waals surface area contributed by atoms with Crippen molar-refractivity contribution in [1.82, 2.24) is 35.2 Å².